The van der Waals surface area contributed by atoms with Gasteiger partial charge in [-0.3, -0.25) is 0 Å². The van der Waals surface area contributed by atoms with E-state index in [1.165, 1.54) is 14.5 Å². The van der Waals surface area contributed by atoms with Crippen molar-refractivity contribution in [3.63, 3.8) is 0 Å². The Hall–Kier alpha value is -2.85. The minimum absolute atomic E-state index is 0.0123. The molecule has 3 heterocycles. The fourth-order valence-corrected chi connectivity index (χ4v) is 3.90. The van der Waals surface area contributed by atoms with E-state index in [-0.39, 0.29) is 6.04 Å². The van der Waals surface area contributed by atoms with E-state index in [9.17, 15) is 8.42 Å². The minimum Gasteiger partial charge on any atom is -0.246 e. The average Bonchev–Trinajstić information content (AvgIpc) is 3.25. The Morgan fingerprint density at radius 2 is 1.85 bits per heavy atom. The van der Waals surface area contributed by atoms with Gasteiger partial charge in [-0.2, -0.15) is 19.3 Å². The summed E-state index contributed by atoms with van der Waals surface area (Å²) >= 11 is 0. The van der Waals surface area contributed by atoms with E-state index in [4.69, 9.17) is 0 Å². The van der Waals surface area contributed by atoms with Crippen LogP contribution in [-0.2, 0) is 16.6 Å². The second-order valence-corrected chi connectivity index (χ2v) is 7.80. The number of aromatic nitrogens is 6. The molecule has 134 valence electrons. The summed E-state index contributed by atoms with van der Waals surface area (Å²) in [6, 6.07) is 9.33. The molecule has 2 aromatic heterocycles. The van der Waals surface area contributed by atoms with Crippen LogP contribution in [0.4, 0.5) is 0 Å². The predicted octanol–water partition coefficient (Wildman–Crippen LogP) is 0.775. The van der Waals surface area contributed by atoms with E-state index in [2.05, 4.69) is 20.5 Å². The van der Waals surface area contributed by atoms with Crippen molar-refractivity contribution < 1.29 is 8.42 Å². The number of hydrogen-bond donors (Lipinski definition) is 0. The highest BCUT2D eigenvalue weighted by atomic mass is 32.2. The van der Waals surface area contributed by atoms with Crippen LogP contribution in [0.15, 0.2) is 54.3 Å². The Morgan fingerprint density at radius 1 is 1.12 bits per heavy atom. The Balaban J connectivity index is 1.36. The van der Waals surface area contributed by atoms with E-state index in [1.54, 1.807) is 29.3 Å². The third kappa shape index (κ3) is 3.55. The summed E-state index contributed by atoms with van der Waals surface area (Å²) in [7, 11) is -3.43. The van der Waals surface area contributed by atoms with Gasteiger partial charge >= 0.3 is 0 Å². The summed E-state index contributed by atoms with van der Waals surface area (Å²) in [4.78, 5) is 1.51. The lowest BCUT2D eigenvalue weighted by Crippen LogP contribution is -2.50. The molecule has 0 unspecified atom stereocenters. The summed E-state index contributed by atoms with van der Waals surface area (Å²) in [5.41, 5.74) is 1.58. The molecule has 0 atom stereocenters. The Morgan fingerprint density at radius 3 is 2.58 bits per heavy atom. The molecule has 1 fully saturated rings. The Labute approximate surface area is 150 Å². The van der Waals surface area contributed by atoms with Gasteiger partial charge in [-0.15, -0.1) is 5.10 Å². The number of rotatable bonds is 6. The van der Waals surface area contributed by atoms with E-state index in [0.717, 1.165) is 11.3 Å². The van der Waals surface area contributed by atoms with Gasteiger partial charge in [0.05, 0.1) is 24.6 Å². The maximum atomic E-state index is 12.4. The third-order valence-corrected chi connectivity index (χ3v) is 5.62. The summed E-state index contributed by atoms with van der Waals surface area (Å²) in [5.74, 6) is 0. The Bertz CT molecular complexity index is 990. The molecule has 10 heteroatoms. The van der Waals surface area contributed by atoms with Gasteiger partial charge in [0.2, 0.25) is 10.0 Å². The largest absolute Gasteiger partial charge is 0.246 e. The van der Waals surface area contributed by atoms with Crippen LogP contribution in [0.5, 0.6) is 0 Å². The second-order valence-electron chi connectivity index (χ2n) is 5.98. The molecule has 4 rings (SSSR count). The molecule has 3 aromatic rings. The third-order valence-electron chi connectivity index (χ3n) is 4.12. The summed E-state index contributed by atoms with van der Waals surface area (Å²) < 4.78 is 27.8. The smallest absolute Gasteiger partial charge is 0.236 e. The highest BCUT2D eigenvalue weighted by Crippen LogP contribution is 2.24. The number of sulfonamides is 1. The quantitative estimate of drug-likeness (QED) is 0.635. The van der Waals surface area contributed by atoms with Crippen molar-refractivity contribution in [2.75, 3.05) is 13.1 Å². The van der Waals surface area contributed by atoms with Crippen LogP contribution in [0.25, 0.3) is 6.08 Å². The maximum absolute atomic E-state index is 12.4. The molecule has 0 bridgehead atoms. The van der Waals surface area contributed by atoms with Crippen LogP contribution >= 0.6 is 0 Å². The molecule has 0 amide bonds. The standard InChI is InChI=1S/C16H17N7O2S/c24-26(25,9-6-14-4-2-1-3-5-14)21-12-16(13-21)22-10-15(19-20-22)11-23-17-7-8-18-23/h1-10,16H,11-13H2/b9-6+. The summed E-state index contributed by atoms with van der Waals surface area (Å²) in [6.45, 7) is 1.19. The monoisotopic (exact) mass is 371 g/mol. The normalized spacial score (nSPS) is 16.2. The van der Waals surface area contributed by atoms with Crippen molar-refractivity contribution in [1.82, 2.24) is 34.3 Å². The lowest BCUT2D eigenvalue weighted by molar-refractivity contribution is 0.191. The Kier molecular flexibility index (Phi) is 4.35. The van der Waals surface area contributed by atoms with Crippen LogP contribution < -0.4 is 0 Å². The minimum atomic E-state index is -3.43. The molecule has 1 aliphatic heterocycles. The van der Waals surface area contributed by atoms with Gasteiger partial charge in [-0.05, 0) is 11.6 Å². The number of nitrogens with zero attached hydrogens (tertiary/aromatic N) is 7. The first-order valence-electron chi connectivity index (χ1n) is 8.08. The first-order chi connectivity index (χ1) is 12.6. The van der Waals surface area contributed by atoms with E-state index in [1.807, 2.05) is 30.3 Å². The first kappa shape index (κ1) is 16.6. The SMILES string of the molecule is O=S(=O)(/C=C/c1ccccc1)N1CC(n2cc(Cn3nccn3)nn2)C1. The second kappa shape index (κ2) is 6.81. The average molecular weight is 371 g/mol. The summed E-state index contributed by atoms with van der Waals surface area (Å²) in [6.07, 6.45) is 6.61. The maximum Gasteiger partial charge on any atom is 0.236 e. The van der Waals surface area contributed by atoms with Crippen molar-refractivity contribution in [2.24, 2.45) is 0 Å². The van der Waals surface area contributed by atoms with E-state index in [0.29, 0.717) is 19.6 Å². The zero-order valence-corrected chi connectivity index (χ0v) is 14.6. The molecule has 0 N–H and O–H groups in total. The molecule has 0 spiro atoms. The topological polar surface area (TPSA) is 98.8 Å². The number of benzene rings is 1. The first-order valence-corrected chi connectivity index (χ1v) is 9.58. The fourth-order valence-electron chi connectivity index (χ4n) is 2.64. The molecule has 0 saturated carbocycles. The van der Waals surface area contributed by atoms with Crippen LogP contribution in [0.3, 0.4) is 0 Å². The van der Waals surface area contributed by atoms with Gasteiger partial charge in [-0.1, -0.05) is 35.5 Å². The van der Waals surface area contributed by atoms with Crippen LogP contribution in [0.1, 0.15) is 17.3 Å². The lowest BCUT2D eigenvalue weighted by atomic mass is 10.2. The van der Waals surface area contributed by atoms with Crippen molar-refractivity contribution in [2.45, 2.75) is 12.6 Å². The molecule has 1 saturated heterocycles. The van der Waals surface area contributed by atoms with Crippen LogP contribution in [0, 0.1) is 0 Å². The highest BCUT2D eigenvalue weighted by Gasteiger charge is 2.36. The number of hydrogen-bond acceptors (Lipinski definition) is 6. The van der Waals surface area contributed by atoms with Gasteiger partial charge in [0.15, 0.2) is 0 Å². The molecule has 0 radical (unpaired) electrons. The van der Waals surface area contributed by atoms with E-state index < -0.39 is 10.0 Å². The van der Waals surface area contributed by atoms with Gasteiger partial charge in [0, 0.05) is 18.5 Å². The predicted molar refractivity (Wildman–Crippen MR) is 94.2 cm³/mol. The molecule has 26 heavy (non-hydrogen) atoms. The van der Waals surface area contributed by atoms with Crippen molar-refractivity contribution >= 4 is 16.1 Å². The lowest BCUT2D eigenvalue weighted by Gasteiger charge is -2.36. The molecule has 0 aliphatic carbocycles. The fraction of sp³-hybridized carbons (Fsp3) is 0.250. The molecular formula is C16H17N7O2S. The van der Waals surface area contributed by atoms with Crippen LogP contribution in [-0.4, -0.2) is 55.8 Å². The molecule has 1 aromatic carbocycles. The van der Waals surface area contributed by atoms with Crippen molar-refractivity contribution in [3.05, 3.63) is 65.6 Å². The van der Waals surface area contributed by atoms with Crippen molar-refractivity contribution in [3.8, 4) is 0 Å². The van der Waals surface area contributed by atoms with E-state index >= 15 is 0 Å². The van der Waals surface area contributed by atoms with Gasteiger partial charge in [-0.25, -0.2) is 13.1 Å². The molecular weight excluding hydrogens is 354 g/mol. The zero-order chi connectivity index (χ0) is 18.0. The zero-order valence-electron chi connectivity index (χ0n) is 13.8. The van der Waals surface area contributed by atoms with Gasteiger partial charge in [0.25, 0.3) is 0 Å². The van der Waals surface area contributed by atoms with Crippen LogP contribution in [0.2, 0.25) is 0 Å². The van der Waals surface area contributed by atoms with Crippen molar-refractivity contribution in [1.29, 1.82) is 0 Å². The summed E-state index contributed by atoms with van der Waals surface area (Å²) in [5, 5.41) is 17.5. The van der Waals surface area contributed by atoms with Gasteiger partial charge < -0.3 is 0 Å². The molecule has 9 nitrogen and oxygen atoms in total. The van der Waals surface area contributed by atoms with Gasteiger partial charge in [0.1, 0.15) is 12.2 Å². The molecule has 1 aliphatic rings. The highest BCUT2D eigenvalue weighted by molar-refractivity contribution is 7.92.